The molecule has 164 valence electrons. The molecule has 0 aromatic heterocycles. The summed E-state index contributed by atoms with van der Waals surface area (Å²) in [5.74, 6) is -2.46. The highest BCUT2D eigenvalue weighted by atomic mass is 19.1. The Bertz CT molecular complexity index is 964. The number of rotatable bonds is 9. The Morgan fingerprint density at radius 2 is 1.68 bits per heavy atom. The number of hydrogen-bond acceptors (Lipinski definition) is 6. The van der Waals surface area contributed by atoms with Crippen molar-refractivity contribution in [2.75, 3.05) is 7.11 Å². The minimum Gasteiger partial charge on any atom is -0.467 e. The maximum atomic E-state index is 14.0. The summed E-state index contributed by atoms with van der Waals surface area (Å²) in [5.41, 5.74) is 0.658. The number of benzene rings is 2. The van der Waals surface area contributed by atoms with Crippen LogP contribution in [0.5, 0.6) is 0 Å². The third-order valence-corrected chi connectivity index (χ3v) is 4.47. The van der Waals surface area contributed by atoms with Gasteiger partial charge in [0.1, 0.15) is 17.9 Å². The predicted molar refractivity (Wildman–Crippen MR) is 108 cm³/mol. The Labute approximate surface area is 177 Å². The van der Waals surface area contributed by atoms with Gasteiger partial charge in [0.25, 0.3) is 5.69 Å². The van der Waals surface area contributed by atoms with Crippen LogP contribution in [0.25, 0.3) is 0 Å². The van der Waals surface area contributed by atoms with Crippen LogP contribution in [0.15, 0.2) is 48.5 Å². The fraction of sp³-hybridized carbons (Fsp3) is 0.286. The molecule has 0 aliphatic heterocycles. The monoisotopic (exact) mass is 431 g/mol. The Hall–Kier alpha value is -3.82. The van der Waals surface area contributed by atoms with Crippen molar-refractivity contribution in [2.24, 2.45) is 0 Å². The second kappa shape index (κ2) is 10.8. The van der Waals surface area contributed by atoms with Gasteiger partial charge in [0.2, 0.25) is 11.8 Å². The third kappa shape index (κ3) is 6.88. The summed E-state index contributed by atoms with van der Waals surface area (Å²) in [6, 6.07) is 9.09. The molecule has 0 aliphatic rings. The Kier molecular flexibility index (Phi) is 8.18. The molecule has 0 unspecified atom stereocenters. The minimum absolute atomic E-state index is 0.00287. The third-order valence-electron chi connectivity index (χ3n) is 4.47. The average Bonchev–Trinajstić information content (AvgIpc) is 2.73. The first-order chi connectivity index (χ1) is 14.7. The molecule has 2 rings (SSSR count). The molecular formula is C21H22FN3O6. The van der Waals surface area contributed by atoms with Gasteiger partial charge < -0.3 is 15.4 Å². The zero-order valence-corrected chi connectivity index (χ0v) is 17.0. The first-order valence-electron chi connectivity index (χ1n) is 9.33. The van der Waals surface area contributed by atoms with E-state index in [9.17, 15) is 28.9 Å². The standard InChI is InChI=1S/C21H22FN3O6/c1-13(26)23-18(12-15-5-3-4-6-17(15)22)20(27)24-19(21(28)31-2)11-14-7-9-16(10-8-14)25(29)30/h3-10,18-19H,11-12H2,1-2H3,(H,23,26)(H,24,27)/t18-,19+/m0/s1. The zero-order valence-electron chi connectivity index (χ0n) is 17.0. The number of methoxy groups -OCH3 is 1. The molecule has 9 nitrogen and oxygen atoms in total. The highest BCUT2D eigenvalue weighted by Crippen LogP contribution is 2.14. The molecule has 0 saturated carbocycles. The molecule has 0 spiro atoms. The fourth-order valence-corrected chi connectivity index (χ4v) is 2.94. The second-order valence-electron chi connectivity index (χ2n) is 6.76. The summed E-state index contributed by atoms with van der Waals surface area (Å²) in [4.78, 5) is 46.8. The van der Waals surface area contributed by atoms with Crippen LogP contribution in [0.1, 0.15) is 18.1 Å². The quantitative estimate of drug-likeness (QED) is 0.353. The molecule has 0 saturated heterocycles. The van der Waals surface area contributed by atoms with Gasteiger partial charge in [0.15, 0.2) is 0 Å². The normalized spacial score (nSPS) is 12.4. The van der Waals surface area contributed by atoms with E-state index in [-0.39, 0.29) is 24.1 Å². The first kappa shape index (κ1) is 23.5. The fourth-order valence-electron chi connectivity index (χ4n) is 2.94. The van der Waals surface area contributed by atoms with Crippen molar-refractivity contribution < 1.29 is 28.4 Å². The van der Waals surface area contributed by atoms with Crippen molar-refractivity contribution in [3.8, 4) is 0 Å². The number of nitro benzene ring substituents is 1. The lowest BCUT2D eigenvalue weighted by atomic mass is 10.0. The molecule has 2 aromatic rings. The minimum atomic E-state index is -1.13. The van der Waals surface area contributed by atoms with Crippen LogP contribution < -0.4 is 10.6 Å². The van der Waals surface area contributed by atoms with Crippen molar-refractivity contribution in [1.82, 2.24) is 10.6 Å². The lowest BCUT2D eigenvalue weighted by molar-refractivity contribution is -0.384. The van der Waals surface area contributed by atoms with E-state index in [1.165, 1.54) is 49.4 Å². The van der Waals surface area contributed by atoms with Gasteiger partial charge in [-0.1, -0.05) is 30.3 Å². The van der Waals surface area contributed by atoms with E-state index in [4.69, 9.17) is 4.74 Å². The van der Waals surface area contributed by atoms with Crippen molar-refractivity contribution in [1.29, 1.82) is 0 Å². The molecule has 10 heteroatoms. The Morgan fingerprint density at radius 3 is 2.23 bits per heavy atom. The van der Waals surface area contributed by atoms with Crippen LogP contribution in [-0.2, 0) is 32.0 Å². The lowest BCUT2D eigenvalue weighted by Gasteiger charge is -2.22. The van der Waals surface area contributed by atoms with E-state index < -0.39 is 40.6 Å². The van der Waals surface area contributed by atoms with Crippen LogP contribution >= 0.6 is 0 Å². The van der Waals surface area contributed by atoms with E-state index in [0.29, 0.717) is 5.56 Å². The van der Waals surface area contributed by atoms with Crippen LogP contribution in [0.3, 0.4) is 0 Å². The topological polar surface area (TPSA) is 128 Å². The number of esters is 1. The summed E-state index contributed by atoms with van der Waals surface area (Å²) in [7, 11) is 1.15. The maximum Gasteiger partial charge on any atom is 0.328 e. The van der Waals surface area contributed by atoms with Gasteiger partial charge in [-0.05, 0) is 17.2 Å². The lowest BCUT2D eigenvalue weighted by Crippen LogP contribution is -2.53. The van der Waals surface area contributed by atoms with Crippen molar-refractivity contribution in [3.05, 3.63) is 75.6 Å². The Balaban J connectivity index is 2.18. The number of carbonyl (C=O) groups excluding carboxylic acids is 3. The number of amides is 2. The summed E-state index contributed by atoms with van der Waals surface area (Å²) in [6.07, 6.45) is -0.119. The number of carbonyl (C=O) groups is 3. The van der Waals surface area contributed by atoms with Crippen molar-refractivity contribution >= 4 is 23.5 Å². The van der Waals surface area contributed by atoms with E-state index in [2.05, 4.69) is 10.6 Å². The average molecular weight is 431 g/mol. The van der Waals surface area contributed by atoms with Gasteiger partial charge in [-0.25, -0.2) is 9.18 Å². The van der Waals surface area contributed by atoms with Gasteiger partial charge >= 0.3 is 5.97 Å². The highest BCUT2D eigenvalue weighted by Gasteiger charge is 2.28. The number of nitro groups is 1. The molecule has 0 heterocycles. The number of halogens is 1. The van der Waals surface area contributed by atoms with Gasteiger partial charge in [0, 0.05) is 31.9 Å². The SMILES string of the molecule is COC(=O)[C@@H](Cc1ccc([N+](=O)[O-])cc1)NC(=O)[C@H](Cc1ccccc1F)NC(C)=O. The van der Waals surface area contributed by atoms with Gasteiger partial charge in [-0.15, -0.1) is 0 Å². The number of ether oxygens (including phenoxy) is 1. The first-order valence-corrected chi connectivity index (χ1v) is 9.33. The van der Waals surface area contributed by atoms with E-state index in [1.807, 2.05) is 0 Å². The number of non-ortho nitro benzene ring substituents is 1. The number of nitrogens with one attached hydrogen (secondary N) is 2. The molecule has 0 fully saturated rings. The van der Waals surface area contributed by atoms with E-state index in [1.54, 1.807) is 6.07 Å². The highest BCUT2D eigenvalue weighted by molar-refractivity contribution is 5.90. The van der Waals surface area contributed by atoms with Crippen LogP contribution in [0.4, 0.5) is 10.1 Å². The smallest absolute Gasteiger partial charge is 0.328 e. The molecule has 2 atom stereocenters. The van der Waals surface area contributed by atoms with Gasteiger partial charge in [-0.2, -0.15) is 0 Å². The molecule has 2 N–H and O–H groups in total. The molecule has 2 aromatic carbocycles. The second-order valence-corrected chi connectivity index (χ2v) is 6.76. The molecule has 31 heavy (non-hydrogen) atoms. The Morgan fingerprint density at radius 1 is 1.03 bits per heavy atom. The molecule has 0 aliphatic carbocycles. The van der Waals surface area contributed by atoms with Gasteiger partial charge in [0.05, 0.1) is 12.0 Å². The van der Waals surface area contributed by atoms with E-state index in [0.717, 1.165) is 7.11 Å². The summed E-state index contributed by atoms with van der Waals surface area (Å²) >= 11 is 0. The van der Waals surface area contributed by atoms with E-state index >= 15 is 0 Å². The number of hydrogen-bond donors (Lipinski definition) is 2. The van der Waals surface area contributed by atoms with Crippen molar-refractivity contribution in [2.45, 2.75) is 31.8 Å². The molecule has 2 amide bonds. The summed E-state index contributed by atoms with van der Waals surface area (Å²) < 4.78 is 18.7. The van der Waals surface area contributed by atoms with Crippen LogP contribution in [0.2, 0.25) is 0 Å². The van der Waals surface area contributed by atoms with Crippen LogP contribution in [0, 0.1) is 15.9 Å². The predicted octanol–water partition coefficient (Wildman–Crippen LogP) is 1.68. The molecule has 0 radical (unpaired) electrons. The molecule has 0 bridgehead atoms. The zero-order chi connectivity index (χ0) is 23.0. The van der Waals surface area contributed by atoms with Gasteiger partial charge in [-0.3, -0.25) is 19.7 Å². The number of nitrogens with zero attached hydrogens (tertiary/aromatic N) is 1. The largest absolute Gasteiger partial charge is 0.467 e. The maximum absolute atomic E-state index is 14.0. The van der Waals surface area contributed by atoms with Crippen molar-refractivity contribution in [3.63, 3.8) is 0 Å². The molecular weight excluding hydrogens is 409 g/mol. The summed E-state index contributed by atoms with van der Waals surface area (Å²) in [6.45, 7) is 1.22. The summed E-state index contributed by atoms with van der Waals surface area (Å²) in [5, 5.41) is 15.8. The van der Waals surface area contributed by atoms with Crippen LogP contribution in [-0.4, -0.2) is 41.9 Å².